The highest BCUT2D eigenvalue weighted by Gasteiger charge is 2.07. The van der Waals surface area contributed by atoms with Crippen molar-refractivity contribution in [2.45, 2.75) is 38.0 Å². The molecule has 0 aliphatic heterocycles. The maximum absolute atomic E-state index is 11.7. The molecule has 0 radical (unpaired) electrons. The molecule has 0 aliphatic rings. The Morgan fingerprint density at radius 1 is 1.43 bits per heavy atom. The van der Waals surface area contributed by atoms with E-state index in [1.807, 2.05) is 31.3 Å². The molecule has 1 unspecified atom stereocenters. The van der Waals surface area contributed by atoms with Crippen LogP contribution in [0.5, 0.6) is 0 Å². The van der Waals surface area contributed by atoms with Gasteiger partial charge >= 0.3 is 5.97 Å². The Morgan fingerprint density at radius 2 is 2.35 bits per heavy atom. The molecule has 0 amide bonds. The summed E-state index contributed by atoms with van der Waals surface area (Å²) in [4.78, 5) is 15.8. The van der Waals surface area contributed by atoms with Gasteiger partial charge in [0.25, 0.3) is 0 Å². The molecule has 0 N–H and O–H groups in total. The second-order valence-electron chi connectivity index (χ2n) is 5.19. The van der Waals surface area contributed by atoms with Crippen LogP contribution in [0, 0.1) is 0 Å². The van der Waals surface area contributed by atoms with E-state index in [4.69, 9.17) is 9.15 Å². The summed E-state index contributed by atoms with van der Waals surface area (Å²) in [5.41, 5.74) is 1.21. The van der Waals surface area contributed by atoms with Gasteiger partial charge in [0, 0.05) is 18.5 Å². The minimum absolute atomic E-state index is 0.0844. The molecule has 1 atom stereocenters. The number of thioether (sulfide) groups is 1. The normalized spacial score (nSPS) is 12.4. The van der Waals surface area contributed by atoms with E-state index in [1.165, 1.54) is 23.4 Å². The molecule has 0 aromatic carbocycles. The summed E-state index contributed by atoms with van der Waals surface area (Å²) in [6, 6.07) is 7.75. The number of carbonyl (C=O) groups excluding carboxylic acids is 1. The molecule has 0 aliphatic carbocycles. The number of carbonyl (C=O) groups is 1. The summed E-state index contributed by atoms with van der Waals surface area (Å²) in [7, 11) is 0. The van der Waals surface area contributed by atoms with Crippen molar-refractivity contribution in [3.8, 4) is 0 Å². The van der Waals surface area contributed by atoms with Crippen LogP contribution in [0.3, 0.4) is 0 Å². The zero-order valence-corrected chi connectivity index (χ0v) is 14.0. The topological polar surface area (TPSA) is 52.3 Å². The van der Waals surface area contributed by atoms with Crippen molar-refractivity contribution >= 4 is 17.7 Å². The molecular formula is C18H21NO3S. The number of nitrogens with zero attached hydrogens (tertiary/aromatic N) is 1. The quantitative estimate of drug-likeness (QED) is 0.504. The third-order valence-electron chi connectivity index (χ3n) is 3.22. The first-order valence-electron chi connectivity index (χ1n) is 7.64. The zero-order chi connectivity index (χ0) is 16.3. The van der Waals surface area contributed by atoms with E-state index >= 15 is 0 Å². The molecule has 0 saturated carbocycles. The van der Waals surface area contributed by atoms with Gasteiger partial charge in [-0.3, -0.25) is 4.98 Å². The second-order valence-corrected chi connectivity index (χ2v) is 6.09. The number of aryl methyl sites for hydroxylation is 1. The van der Waals surface area contributed by atoms with Crippen LogP contribution in [0.25, 0.3) is 0 Å². The predicted octanol–water partition coefficient (Wildman–Crippen LogP) is 4.38. The number of rotatable bonds is 9. The highest BCUT2D eigenvalue weighted by molar-refractivity contribution is 8.01. The zero-order valence-electron chi connectivity index (χ0n) is 13.2. The van der Waals surface area contributed by atoms with Gasteiger partial charge in [0.15, 0.2) is 0 Å². The lowest BCUT2D eigenvalue weighted by Gasteiger charge is -2.11. The summed E-state index contributed by atoms with van der Waals surface area (Å²) < 4.78 is 10.6. The fourth-order valence-corrected chi connectivity index (χ4v) is 2.70. The van der Waals surface area contributed by atoms with E-state index in [9.17, 15) is 4.79 Å². The van der Waals surface area contributed by atoms with Gasteiger partial charge in [-0.15, -0.1) is 11.8 Å². The monoisotopic (exact) mass is 331 g/mol. The number of esters is 1. The molecule has 2 heterocycles. The van der Waals surface area contributed by atoms with Crippen LogP contribution in [0.1, 0.15) is 31.1 Å². The van der Waals surface area contributed by atoms with E-state index in [0.717, 1.165) is 25.0 Å². The molecule has 0 fully saturated rings. The van der Waals surface area contributed by atoms with Crippen molar-refractivity contribution in [1.82, 2.24) is 4.98 Å². The third kappa shape index (κ3) is 7.19. The maximum Gasteiger partial charge on any atom is 0.331 e. The standard InChI is InChI=1S/C18H21NO3S/c1-15(5-2-6-16-7-3-10-19-13-16)22-18(20)9-12-23-14-17-8-4-11-21-17/h3-4,7-13,15H,2,5-6,14H2,1H3/b12-9+. The molecule has 2 rings (SSSR count). The molecule has 0 spiro atoms. The molecular weight excluding hydrogens is 310 g/mol. The minimum atomic E-state index is -0.300. The maximum atomic E-state index is 11.7. The van der Waals surface area contributed by atoms with Crippen LogP contribution in [0.4, 0.5) is 0 Å². The van der Waals surface area contributed by atoms with Gasteiger partial charge < -0.3 is 9.15 Å². The predicted molar refractivity (Wildman–Crippen MR) is 91.9 cm³/mol. The molecule has 0 bridgehead atoms. The Hall–Kier alpha value is -2.01. The lowest BCUT2D eigenvalue weighted by Crippen LogP contribution is -2.13. The van der Waals surface area contributed by atoms with Crippen LogP contribution in [-0.4, -0.2) is 17.1 Å². The van der Waals surface area contributed by atoms with Crippen LogP contribution in [0.2, 0.25) is 0 Å². The molecule has 5 heteroatoms. The molecule has 23 heavy (non-hydrogen) atoms. The Labute approximate surface area is 140 Å². The Kier molecular flexibility index (Phi) is 7.46. The number of aromatic nitrogens is 1. The van der Waals surface area contributed by atoms with Crippen molar-refractivity contribution in [3.63, 3.8) is 0 Å². The van der Waals surface area contributed by atoms with E-state index < -0.39 is 0 Å². The lowest BCUT2D eigenvalue weighted by atomic mass is 10.1. The molecule has 0 saturated heterocycles. The van der Waals surface area contributed by atoms with Crippen LogP contribution < -0.4 is 0 Å². The molecule has 2 aromatic heterocycles. The van der Waals surface area contributed by atoms with Crippen molar-refractivity contribution in [1.29, 1.82) is 0 Å². The van der Waals surface area contributed by atoms with Crippen molar-refractivity contribution in [2.75, 3.05) is 0 Å². The summed E-state index contributed by atoms with van der Waals surface area (Å²) >= 11 is 1.50. The smallest absolute Gasteiger partial charge is 0.331 e. The molecule has 2 aromatic rings. The Bertz CT molecular complexity index is 596. The highest BCUT2D eigenvalue weighted by Crippen LogP contribution is 2.14. The third-order valence-corrected chi connectivity index (χ3v) is 4.00. The summed E-state index contributed by atoms with van der Waals surface area (Å²) in [6.07, 6.45) is 9.42. The van der Waals surface area contributed by atoms with Gasteiger partial charge in [-0.2, -0.15) is 0 Å². The SMILES string of the molecule is CC(CCCc1cccnc1)OC(=O)/C=C/SCc1ccco1. The van der Waals surface area contributed by atoms with Crippen LogP contribution in [-0.2, 0) is 21.7 Å². The first kappa shape index (κ1) is 17.3. The van der Waals surface area contributed by atoms with Gasteiger partial charge in [0.05, 0.1) is 18.1 Å². The second kappa shape index (κ2) is 9.90. The van der Waals surface area contributed by atoms with E-state index in [2.05, 4.69) is 11.1 Å². The highest BCUT2D eigenvalue weighted by atomic mass is 32.2. The lowest BCUT2D eigenvalue weighted by molar-refractivity contribution is -0.142. The van der Waals surface area contributed by atoms with Gasteiger partial charge in [-0.1, -0.05) is 6.07 Å². The van der Waals surface area contributed by atoms with Crippen molar-refractivity contribution in [2.24, 2.45) is 0 Å². The largest absolute Gasteiger partial charge is 0.468 e. The fraction of sp³-hybridized carbons (Fsp3) is 0.333. The van der Waals surface area contributed by atoms with Crippen molar-refractivity contribution < 1.29 is 13.9 Å². The number of furan rings is 1. The van der Waals surface area contributed by atoms with Gasteiger partial charge in [-0.05, 0) is 55.4 Å². The van der Waals surface area contributed by atoms with Gasteiger partial charge in [0.2, 0.25) is 0 Å². The summed E-state index contributed by atoms with van der Waals surface area (Å²) in [6.45, 7) is 1.92. The van der Waals surface area contributed by atoms with Gasteiger partial charge in [-0.25, -0.2) is 4.79 Å². The number of hydrogen-bond donors (Lipinski definition) is 0. The Morgan fingerprint density at radius 3 is 3.09 bits per heavy atom. The average Bonchev–Trinajstić information content (AvgIpc) is 3.06. The van der Waals surface area contributed by atoms with Crippen molar-refractivity contribution in [3.05, 3.63) is 65.7 Å². The first-order valence-corrected chi connectivity index (χ1v) is 8.69. The summed E-state index contributed by atoms with van der Waals surface area (Å²) in [5.74, 6) is 1.29. The first-order chi connectivity index (χ1) is 11.2. The van der Waals surface area contributed by atoms with E-state index in [1.54, 1.807) is 17.9 Å². The number of pyridine rings is 1. The van der Waals surface area contributed by atoms with E-state index in [-0.39, 0.29) is 12.1 Å². The summed E-state index contributed by atoms with van der Waals surface area (Å²) in [5, 5.41) is 1.74. The minimum Gasteiger partial charge on any atom is -0.468 e. The Balaban J connectivity index is 1.58. The average molecular weight is 331 g/mol. The fourth-order valence-electron chi connectivity index (χ4n) is 2.06. The molecule has 4 nitrogen and oxygen atoms in total. The van der Waals surface area contributed by atoms with Crippen LogP contribution in [0.15, 0.2) is 58.8 Å². The number of hydrogen-bond acceptors (Lipinski definition) is 5. The van der Waals surface area contributed by atoms with Gasteiger partial charge in [0.1, 0.15) is 5.76 Å². The number of ether oxygens (including phenoxy) is 1. The van der Waals surface area contributed by atoms with E-state index in [0.29, 0.717) is 5.75 Å². The van der Waals surface area contributed by atoms with Crippen LogP contribution >= 0.6 is 11.8 Å². The molecule has 122 valence electrons.